The molecule has 2 heterocycles. The van der Waals surface area contributed by atoms with Gasteiger partial charge in [0.1, 0.15) is 24.5 Å². The van der Waals surface area contributed by atoms with Gasteiger partial charge in [-0.05, 0) is 48.5 Å². The Kier molecular flexibility index (Phi) is 9.53. The van der Waals surface area contributed by atoms with Crippen LogP contribution in [0.4, 0.5) is 46.9 Å². The van der Waals surface area contributed by atoms with E-state index in [1.54, 1.807) is 0 Å². The Morgan fingerprint density at radius 3 is 2.45 bits per heavy atom. The minimum atomic E-state index is -4.57. The number of carbonyl (C=O) groups excluding carboxylic acids is 2. The van der Waals surface area contributed by atoms with Crippen molar-refractivity contribution in [2.75, 3.05) is 29.7 Å². The number of carbonyl (C=O) groups is 2. The predicted molar refractivity (Wildman–Crippen MR) is 157 cm³/mol. The summed E-state index contributed by atoms with van der Waals surface area (Å²) in [6.45, 7) is -2.03. The molecule has 3 amide bonds. The van der Waals surface area contributed by atoms with Crippen LogP contribution < -0.4 is 15.0 Å². The van der Waals surface area contributed by atoms with Crippen LogP contribution in [0.3, 0.4) is 0 Å². The predicted octanol–water partition coefficient (Wildman–Crippen LogP) is 6.85. The number of aromatic nitrogens is 3. The molecule has 0 radical (unpaired) electrons. The third-order valence-electron chi connectivity index (χ3n) is 6.44. The first-order valence-electron chi connectivity index (χ1n) is 13.3. The van der Waals surface area contributed by atoms with Gasteiger partial charge in [0.05, 0.1) is 42.1 Å². The molecule has 0 saturated carbocycles. The molecule has 0 atom stereocenters. The summed E-state index contributed by atoms with van der Waals surface area (Å²) < 4.78 is 103. The first-order valence-corrected chi connectivity index (χ1v) is 14.3. The number of ether oxygens (including phenoxy) is 2. The van der Waals surface area contributed by atoms with Crippen LogP contribution in [-0.2, 0) is 22.3 Å². The summed E-state index contributed by atoms with van der Waals surface area (Å²) in [5.74, 6) is -1.24. The van der Waals surface area contributed by atoms with Gasteiger partial charge in [0.15, 0.2) is 11.0 Å². The third-order valence-corrected chi connectivity index (χ3v) is 7.36. The molecule has 1 aliphatic heterocycles. The van der Waals surface area contributed by atoms with Crippen molar-refractivity contribution in [2.24, 2.45) is 4.99 Å². The SMILES string of the molecule is COc1ccc(COCC(F)(F)F)c(N2C(=O)CSC2=NC(=O)Nc2ccc(-c3ncn(-c4ccc(C(F)(F)F)cc4)n3)cc2F)c1. The highest BCUT2D eigenvalue weighted by molar-refractivity contribution is 8.15. The lowest BCUT2D eigenvalue weighted by Gasteiger charge is -2.21. The van der Waals surface area contributed by atoms with Gasteiger partial charge in [-0.25, -0.2) is 18.9 Å². The van der Waals surface area contributed by atoms with E-state index in [4.69, 9.17) is 9.47 Å². The van der Waals surface area contributed by atoms with Gasteiger partial charge in [-0.3, -0.25) is 9.69 Å². The van der Waals surface area contributed by atoms with Crippen molar-refractivity contribution in [3.63, 3.8) is 0 Å². The Balaban J connectivity index is 1.31. The van der Waals surface area contributed by atoms with Crippen LogP contribution in [0.1, 0.15) is 11.1 Å². The number of amides is 3. The Morgan fingerprint density at radius 1 is 1.04 bits per heavy atom. The van der Waals surface area contributed by atoms with Gasteiger partial charge in [-0.1, -0.05) is 17.8 Å². The van der Waals surface area contributed by atoms with Gasteiger partial charge in [0.25, 0.3) is 0 Å². The van der Waals surface area contributed by atoms with Gasteiger partial charge in [0, 0.05) is 17.2 Å². The molecule has 4 aromatic rings. The molecule has 0 spiro atoms. The normalized spacial score (nSPS) is 14.6. The van der Waals surface area contributed by atoms with Crippen LogP contribution in [0, 0.1) is 5.82 Å². The lowest BCUT2D eigenvalue weighted by molar-refractivity contribution is -0.176. The molecule has 47 heavy (non-hydrogen) atoms. The smallest absolute Gasteiger partial charge is 0.416 e. The zero-order chi connectivity index (χ0) is 33.9. The number of thioether (sulfide) groups is 1. The molecule has 1 aromatic heterocycles. The molecule has 5 rings (SSSR count). The first-order chi connectivity index (χ1) is 22.2. The van der Waals surface area contributed by atoms with E-state index in [0.29, 0.717) is 0 Å². The highest BCUT2D eigenvalue weighted by atomic mass is 32.2. The van der Waals surface area contributed by atoms with Crippen LogP contribution in [0.2, 0.25) is 0 Å². The number of methoxy groups -OCH3 is 1. The molecular formula is C29H21F7N6O4S. The van der Waals surface area contributed by atoms with Crippen LogP contribution >= 0.6 is 11.8 Å². The van der Waals surface area contributed by atoms with Crippen molar-refractivity contribution >= 4 is 40.2 Å². The van der Waals surface area contributed by atoms with E-state index < -0.39 is 48.9 Å². The minimum Gasteiger partial charge on any atom is -0.497 e. The standard InChI is InChI=1S/C29H21F7N6O4S/c1-45-20-8-2-17(12-46-14-28(31,32)33)23(11-20)42-24(43)13-47-27(42)39-26(44)38-22-9-3-16(10-21(22)30)25-37-15-41(40-25)19-6-4-18(5-7-19)29(34,35)36/h2-11,15H,12-14H2,1H3,(H,38,44). The summed E-state index contributed by atoms with van der Waals surface area (Å²) >= 11 is 0.884. The fourth-order valence-corrected chi connectivity index (χ4v) is 5.13. The number of amidine groups is 1. The van der Waals surface area contributed by atoms with Gasteiger partial charge in [0.2, 0.25) is 5.91 Å². The fraction of sp³-hybridized carbons (Fsp3) is 0.207. The maximum atomic E-state index is 15.0. The zero-order valence-electron chi connectivity index (χ0n) is 23.9. The molecule has 10 nitrogen and oxygen atoms in total. The fourth-order valence-electron chi connectivity index (χ4n) is 4.27. The molecule has 0 bridgehead atoms. The Labute approximate surface area is 265 Å². The van der Waals surface area contributed by atoms with Crippen LogP contribution in [-0.4, -0.2) is 57.5 Å². The number of alkyl halides is 6. The van der Waals surface area contributed by atoms with Crippen LogP contribution in [0.25, 0.3) is 17.1 Å². The topological polar surface area (TPSA) is 111 Å². The molecule has 246 valence electrons. The lowest BCUT2D eigenvalue weighted by Crippen LogP contribution is -2.31. The maximum absolute atomic E-state index is 15.0. The quantitative estimate of drug-likeness (QED) is 0.203. The molecule has 3 aromatic carbocycles. The van der Waals surface area contributed by atoms with Crippen molar-refractivity contribution in [1.29, 1.82) is 0 Å². The van der Waals surface area contributed by atoms with Gasteiger partial charge in [-0.2, -0.15) is 31.3 Å². The van der Waals surface area contributed by atoms with Gasteiger partial charge < -0.3 is 14.8 Å². The molecular weight excluding hydrogens is 661 g/mol. The average Bonchev–Trinajstić information content (AvgIpc) is 3.64. The Hall–Kier alpha value is -4.97. The molecule has 18 heteroatoms. The van der Waals surface area contributed by atoms with Crippen molar-refractivity contribution in [3.8, 4) is 22.8 Å². The summed E-state index contributed by atoms with van der Waals surface area (Å²) in [4.78, 5) is 34.6. The van der Waals surface area contributed by atoms with Crippen LogP contribution in [0.5, 0.6) is 5.75 Å². The number of nitrogens with one attached hydrogen (secondary N) is 1. The van der Waals surface area contributed by atoms with Crippen molar-refractivity contribution in [2.45, 2.75) is 19.0 Å². The number of aliphatic imine (C=N–C) groups is 1. The molecule has 0 aliphatic carbocycles. The van der Waals surface area contributed by atoms with E-state index >= 15 is 4.39 Å². The van der Waals surface area contributed by atoms with E-state index in [1.165, 1.54) is 60.6 Å². The number of rotatable bonds is 8. The van der Waals surface area contributed by atoms with Gasteiger partial charge in [-0.15, -0.1) is 5.10 Å². The summed E-state index contributed by atoms with van der Waals surface area (Å²) in [5.41, 5.74) is -0.362. The highest BCUT2D eigenvalue weighted by Gasteiger charge is 2.33. The van der Waals surface area contributed by atoms with E-state index in [2.05, 4.69) is 20.4 Å². The van der Waals surface area contributed by atoms with Crippen molar-refractivity contribution in [3.05, 3.63) is 83.9 Å². The zero-order valence-corrected chi connectivity index (χ0v) is 24.7. The second-order valence-electron chi connectivity index (χ2n) is 9.70. The molecule has 1 fully saturated rings. The van der Waals surface area contributed by atoms with E-state index in [-0.39, 0.29) is 50.7 Å². The largest absolute Gasteiger partial charge is 0.497 e. The average molecular weight is 683 g/mol. The number of nitrogens with zero attached hydrogens (tertiary/aromatic N) is 5. The minimum absolute atomic E-state index is 0.0479. The number of urea groups is 1. The number of hydrogen-bond donors (Lipinski definition) is 1. The summed E-state index contributed by atoms with van der Waals surface area (Å²) in [6.07, 6.45) is -7.83. The lowest BCUT2D eigenvalue weighted by atomic mass is 10.1. The van der Waals surface area contributed by atoms with Gasteiger partial charge >= 0.3 is 18.4 Å². The van der Waals surface area contributed by atoms with E-state index in [9.17, 15) is 35.9 Å². The number of anilines is 2. The summed E-state index contributed by atoms with van der Waals surface area (Å²) in [5, 5.41) is 6.33. The Bertz CT molecular complexity index is 1830. The van der Waals surface area contributed by atoms with E-state index in [1.807, 2.05) is 0 Å². The number of hydrogen-bond acceptors (Lipinski definition) is 7. The van der Waals surface area contributed by atoms with Crippen molar-refractivity contribution < 1.29 is 49.8 Å². The van der Waals surface area contributed by atoms with Crippen LogP contribution in [0.15, 0.2) is 72.0 Å². The summed E-state index contributed by atoms with van der Waals surface area (Å²) in [7, 11) is 1.35. The van der Waals surface area contributed by atoms with E-state index in [0.717, 1.165) is 34.9 Å². The highest BCUT2D eigenvalue weighted by Crippen LogP contribution is 2.34. The first kappa shape index (κ1) is 33.4. The molecule has 1 N–H and O–H groups in total. The maximum Gasteiger partial charge on any atom is 0.416 e. The second-order valence-corrected chi connectivity index (χ2v) is 10.6. The second kappa shape index (κ2) is 13.4. The summed E-state index contributed by atoms with van der Waals surface area (Å²) in [6, 6.07) is 11.0. The molecule has 0 unspecified atom stereocenters. The monoisotopic (exact) mass is 682 g/mol. The Morgan fingerprint density at radius 2 is 1.79 bits per heavy atom. The molecule has 1 aliphatic rings. The number of halogens is 7. The third kappa shape index (κ3) is 8.07. The number of benzene rings is 3. The molecule has 1 saturated heterocycles. The van der Waals surface area contributed by atoms with Crippen molar-refractivity contribution in [1.82, 2.24) is 14.8 Å².